The average Bonchev–Trinajstić information content (AvgIpc) is 2.28. The molecule has 0 radical (unpaired) electrons. The number of rotatable bonds is 5. The summed E-state index contributed by atoms with van der Waals surface area (Å²) < 4.78 is 13.5. The standard InChI is InChI=1S/C12H15FN2OS/c1-2-7-15(8-11(14)17)12(16)9-5-3-4-6-10(9)13/h3-6H,2,7-8H2,1H3,(H2,14,17). The molecule has 1 aromatic carbocycles. The van der Waals surface area contributed by atoms with Gasteiger partial charge in [0, 0.05) is 6.54 Å². The first-order valence-electron chi connectivity index (χ1n) is 5.38. The number of amides is 1. The quantitative estimate of drug-likeness (QED) is 0.817. The van der Waals surface area contributed by atoms with E-state index in [1.54, 1.807) is 12.1 Å². The van der Waals surface area contributed by atoms with Crippen molar-refractivity contribution in [2.24, 2.45) is 5.73 Å². The van der Waals surface area contributed by atoms with Gasteiger partial charge in [-0.15, -0.1) is 0 Å². The maximum absolute atomic E-state index is 13.5. The third-order valence-corrected chi connectivity index (χ3v) is 2.36. The summed E-state index contributed by atoms with van der Waals surface area (Å²) >= 11 is 4.78. The summed E-state index contributed by atoms with van der Waals surface area (Å²) in [7, 11) is 0. The summed E-state index contributed by atoms with van der Waals surface area (Å²) in [6, 6.07) is 5.89. The van der Waals surface area contributed by atoms with Gasteiger partial charge < -0.3 is 10.6 Å². The first-order chi connectivity index (χ1) is 8.06. The average molecular weight is 254 g/mol. The van der Waals surface area contributed by atoms with Crippen LogP contribution in [0.4, 0.5) is 4.39 Å². The van der Waals surface area contributed by atoms with Gasteiger partial charge in [0.05, 0.1) is 17.1 Å². The van der Waals surface area contributed by atoms with Crippen LogP contribution in [0.1, 0.15) is 23.7 Å². The second-order valence-corrected chi connectivity index (χ2v) is 4.20. The van der Waals surface area contributed by atoms with Gasteiger partial charge in [0.2, 0.25) is 0 Å². The Hall–Kier alpha value is -1.49. The van der Waals surface area contributed by atoms with E-state index in [2.05, 4.69) is 0 Å². The van der Waals surface area contributed by atoms with Gasteiger partial charge in [-0.2, -0.15) is 0 Å². The van der Waals surface area contributed by atoms with E-state index in [9.17, 15) is 9.18 Å². The molecule has 1 amide bonds. The van der Waals surface area contributed by atoms with E-state index in [0.717, 1.165) is 6.42 Å². The third kappa shape index (κ3) is 3.78. The Kier molecular flexibility index (Phi) is 5.03. The van der Waals surface area contributed by atoms with E-state index in [-0.39, 0.29) is 23.0 Å². The van der Waals surface area contributed by atoms with Crippen molar-refractivity contribution in [3.63, 3.8) is 0 Å². The van der Waals surface area contributed by atoms with Gasteiger partial charge in [-0.3, -0.25) is 4.79 Å². The summed E-state index contributed by atoms with van der Waals surface area (Å²) in [6.07, 6.45) is 0.767. The predicted octanol–water partition coefficient (Wildman–Crippen LogP) is 1.96. The molecular weight excluding hydrogens is 239 g/mol. The molecule has 0 aliphatic heterocycles. The molecule has 0 heterocycles. The molecule has 0 aromatic heterocycles. The van der Waals surface area contributed by atoms with Crippen molar-refractivity contribution in [2.45, 2.75) is 13.3 Å². The van der Waals surface area contributed by atoms with Crippen LogP contribution in [0.15, 0.2) is 24.3 Å². The van der Waals surface area contributed by atoms with E-state index in [0.29, 0.717) is 6.54 Å². The number of hydrogen-bond acceptors (Lipinski definition) is 2. The predicted molar refractivity (Wildman–Crippen MR) is 69.4 cm³/mol. The fraction of sp³-hybridized carbons (Fsp3) is 0.333. The number of benzene rings is 1. The lowest BCUT2D eigenvalue weighted by Gasteiger charge is -2.21. The molecule has 0 aliphatic carbocycles. The molecule has 92 valence electrons. The molecule has 0 aliphatic rings. The van der Waals surface area contributed by atoms with Gasteiger partial charge in [0.1, 0.15) is 5.82 Å². The normalized spacial score (nSPS) is 10.0. The Morgan fingerprint density at radius 3 is 2.65 bits per heavy atom. The van der Waals surface area contributed by atoms with Crippen molar-refractivity contribution in [1.82, 2.24) is 4.90 Å². The van der Waals surface area contributed by atoms with Crippen molar-refractivity contribution >= 4 is 23.1 Å². The number of carbonyl (C=O) groups excluding carboxylic acids is 1. The van der Waals surface area contributed by atoms with Crippen LogP contribution in [0.2, 0.25) is 0 Å². The number of nitrogens with two attached hydrogens (primary N) is 1. The lowest BCUT2D eigenvalue weighted by Crippen LogP contribution is -2.38. The van der Waals surface area contributed by atoms with Crippen LogP contribution in [0.5, 0.6) is 0 Å². The molecule has 17 heavy (non-hydrogen) atoms. The molecule has 0 bridgehead atoms. The summed E-state index contributed by atoms with van der Waals surface area (Å²) in [5, 5.41) is 0. The fourth-order valence-corrected chi connectivity index (χ4v) is 1.67. The minimum Gasteiger partial charge on any atom is -0.392 e. The molecule has 5 heteroatoms. The van der Waals surface area contributed by atoms with Crippen LogP contribution in [0.25, 0.3) is 0 Å². The van der Waals surface area contributed by atoms with Crippen molar-refractivity contribution in [3.8, 4) is 0 Å². The molecule has 1 rings (SSSR count). The monoisotopic (exact) mass is 254 g/mol. The molecular formula is C12H15FN2OS. The van der Waals surface area contributed by atoms with Crippen LogP contribution >= 0.6 is 12.2 Å². The third-order valence-electron chi connectivity index (χ3n) is 2.23. The molecule has 1 aromatic rings. The maximum Gasteiger partial charge on any atom is 0.257 e. The molecule has 0 atom stereocenters. The van der Waals surface area contributed by atoms with Gasteiger partial charge in [0.25, 0.3) is 5.91 Å². The van der Waals surface area contributed by atoms with Crippen molar-refractivity contribution < 1.29 is 9.18 Å². The zero-order chi connectivity index (χ0) is 12.8. The lowest BCUT2D eigenvalue weighted by molar-refractivity contribution is 0.0775. The maximum atomic E-state index is 13.5. The van der Waals surface area contributed by atoms with Crippen LogP contribution in [-0.2, 0) is 0 Å². The number of carbonyl (C=O) groups is 1. The summed E-state index contributed by atoms with van der Waals surface area (Å²) in [6.45, 7) is 2.61. The number of nitrogens with zero attached hydrogens (tertiary/aromatic N) is 1. The SMILES string of the molecule is CCCN(CC(N)=S)C(=O)c1ccccc1F. The Morgan fingerprint density at radius 1 is 1.47 bits per heavy atom. The van der Waals surface area contributed by atoms with Gasteiger partial charge in [-0.25, -0.2) is 4.39 Å². The minimum absolute atomic E-state index is 0.0530. The van der Waals surface area contributed by atoms with E-state index < -0.39 is 5.82 Å². The Bertz CT molecular complexity index is 423. The van der Waals surface area contributed by atoms with Gasteiger partial charge in [-0.05, 0) is 18.6 Å². The molecule has 3 nitrogen and oxygen atoms in total. The fourth-order valence-electron chi connectivity index (χ4n) is 1.52. The first kappa shape index (κ1) is 13.6. The first-order valence-corrected chi connectivity index (χ1v) is 5.79. The van der Waals surface area contributed by atoms with Crippen molar-refractivity contribution in [2.75, 3.05) is 13.1 Å². The molecule has 0 saturated carbocycles. The van der Waals surface area contributed by atoms with Crippen molar-refractivity contribution in [3.05, 3.63) is 35.6 Å². The number of thiocarbonyl (C=S) groups is 1. The van der Waals surface area contributed by atoms with Crippen LogP contribution in [-0.4, -0.2) is 28.9 Å². The summed E-state index contributed by atoms with van der Waals surface area (Å²) in [5.41, 5.74) is 5.47. The number of halogens is 1. The van der Waals surface area contributed by atoms with E-state index >= 15 is 0 Å². The lowest BCUT2D eigenvalue weighted by atomic mass is 10.2. The molecule has 0 saturated heterocycles. The summed E-state index contributed by atoms with van der Waals surface area (Å²) in [5.74, 6) is -0.903. The smallest absolute Gasteiger partial charge is 0.257 e. The molecule has 0 spiro atoms. The second-order valence-electron chi connectivity index (χ2n) is 3.67. The molecule has 0 unspecified atom stereocenters. The molecule has 0 fully saturated rings. The van der Waals surface area contributed by atoms with Gasteiger partial charge in [0.15, 0.2) is 0 Å². The van der Waals surface area contributed by atoms with E-state index in [1.807, 2.05) is 6.92 Å². The Labute approximate surface area is 105 Å². The van der Waals surface area contributed by atoms with E-state index in [4.69, 9.17) is 18.0 Å². The highest BCUT2D eigenvalue weighted by molar-refractivity contribution is 7.80. The zero-order valence-corrected chi connectivity index (χ0v) is 10.5. The Morgan fingerprint density at radius 2 is 2.12 bits per heavy atom. The topological polar surface area (TPSA) is 46.3 Å². The largest absolute Gasteiger partial charge is 0.392 e. The van der Waals surface area contributed by atoms with Crippen LogP contribution in [0, 0.1) is 5.82 Å². The highest BCUT2D eigenvalue weighted by Gasteiger charge is 2.18. The molecule has 2 N–H and O–H groups in total. The highest BCUT2D eigenvalue weighted by atomic mass is 32.1. The highest BCUT2D eigenvalue weighted by Crippen LogP contribution is 2.10. The van der Waals surface area contributed by atoms with Crippen molar-refractivity contribution in [1.29, 1.82) is 0 Å². The Balaban J connectivity index is 2.91. The van der Waals surface area contributed by atoms with E-state index in [1.165, 1.54) is 17.0 Å². The summed E-state index contributed by atoms with van der Waals surface area (Å²) in [4.78, 5) is 13.7. The van der Waals surface area contributed by atoms with Crippen LogP contribution in [0.3, 0.4) is 0 Å². The zero-order valence-electron chi connectivity index (χ0n) is 9.65. The van der Waals surface area contributed by atoms with Gasteiger partial charge in [-0.1, -0.05) is 31.3 Å². The second kappa shape index (κ2) is 6.30. The number of hydrogen-bond donors (Lipinski definition) is 1. The van der Waals surface area contributed by atoms with Gasteiger partial charge >= 0.3 is 0 Å². The minimum atomic E-state index is -0.526. The van der Waals surface area contributed by atoms with Crippen LogP contribution < -0.4 is 5.73 Å².